The number of fused-ring (bicyclic) bond motifs is 1. The molecule has 32 heavy (non-hydrogen) atoms. The number of rotatable bonds is 8. The molecule has 1 aliphatic heterocycles. The Labute approximate surface area is 182 Å². The highest BCUT2D eigenvalue weighted by Crippen LogP contribution is 2.29. The first kappa shape index (κ1) is 22.7. The lowest BCUT2D eigenvalue weighted by molar-refractivity contribution is -0.384. The van der Waals surface area contributed by atoms with Gasteiger partial charge < -0.3 is 14.8 Å². The molecule has 0 radical (unpaired) electrons. The van der Waals surface area contributed by atoms with Crippen LogP contribution in [0.4, 0.5) is 11.4 Å². The van der Waals surface area contributed by atoms with E-state index in [-0.39, 0.29) is 27.9 Å². The molecule has 168 valence electrons. The molecule has 13 heteroatoms. The van der Waals surface area contributed by atoms with E-state index in [2.05, 4.69) is 15.0 Å². The van der Waals surface area contributed by atoms with Crippen LogP contribution in [0.5, 0.6) is 5.75 Å². The fraction of sp³-hybridized carbons (Fsp3) is 0.211. The molecule has 0 unspecified atom stereocenters. The number of amidine groups is 1. The van der Waals surface area contributed by atoms with Crippen LogP contribution < -0.4 is 14.8 Å². The number of nitrogens with zero attached hydrogens (tertiary/aromatic N) is 2. The molecule has 2 aromatic rings. The van der Waals surface area contributed by atoms with Crippen LogP contribution in [0, 0.1) is 10.1 Å². The molecular weight excluding hydrogens is 444 g/mol. The zero-order chi connectivity index (χ0) is 23.3. The van der Waals surface area contributed by atoms with Crippen LogP contribution in [0.1, 0.15) is 12.5 Å². The first-order chi connectivity index (χ1) is 15.2. The lowest BCUT2D eigenvalue weighted by Gasteiger charge is -2.08. The number of anilines is 1. The Morgan fingerprint density at radius 3 is 2.69 bits per heavy atom. The van der Waals surface area contributed by atoms with Crippen molar-refractivity contribution in [1.82, 2.24) is 4.72 Å². The molecule has 0 saturated heterocycles. The van der Waals surface area contributed by atoms with Crippen molar-refractivity contribution in [1.29, 1.82) is 0 Å². The molecule has 3 rings (SSSR count). The molecule has 2 N–H and O–H groups in total. The molecule has 0 spiro atoms. The Balaban J connectivity index is 1.58. The maximum absolute atomic E-state index is 12.0. The number of benzene rings is 2. The second-order valence-corrected chi connectivity index (χ2v) is 8.00. The number of nitro benzene ring substituents is 1. The van der Waals surface area contributed by atoms with Crippen LogP contribution in [-0.2, 0) is 24.3 Å². The molecule has 2 aromatic carbocycles. The molecular formula is C19H18N4O8S. The minimum atomic E-state index is -3.74. The molecule has 1 heterocycles. The Morgan fingerprint density at radius 1 is 1.22 bits per heavy atom. The highest BCUT2D eigenvalue weighted by molar-refractivity contribution is 7.90. The van der Waals surface area contributed by atoms with Crippen molar-refractivity contribution in [2.24, 2.45) is 4.99 Å². The van der Waals surface area contributed by atoms with Gasteiger partial charge in [0.25, 0.3) is 21.6 Å². The zero-order valence-electron chi connectivity index (χ0n) is 16.7. The van der Waals surface area contributed by atoms with Crippen LogP contribution in [0.2, 0.25) is 0 Å². The number of esters is 1. The highest BCUT2D eigenvalue weighted by Gasteiger charge is 2.30. The van der Waals surface area contributed by atoms with Crippen molar-refractivity contribution < 1.29 is 32.4 Å². The molecule has 0 aliphatic carbocycles. The summed E-state index contributed by atoms with van der Waals surface area (Å²) in [5.41, 5.74) is -0.147. The predicted molar refractivity (Wildman–Crippen MR) is 112 cm³/mol. The van der Waals surface area contributed by atoms with Crippen LogP contribution in [0.3, 0.4) is 0 Å². The third-order valence-corrected chi connectivity index (χ3v) is 5.54. The number of sulfonamides is 1. The number of hydrogen-bond acceptors (Lipinski definition) is 9. The monoisotopic (exact) mass is 462 g/mol. The third-order valence-electron chi connectivity index (χ3n) is 4.14. The summed E-state index contributed by atoms with van der Waals surface area (Å²) in [6.07, 6.45) is 0. The number of ether oxygens (including phenoxy) is 2. The summed E-state index contributed by atoms with van der Waals surface area (Å²) in [7, 11) is -3.74. The normalized spacial score (nSPS) is 14.8. The van der Waals surface area contributed by atoms with E-state index in [9.17, 15) is 28.1 Å². The van der Waals surface area contributed by atoms with Crippen molar-refractivity contribution >= 4 is 39.1 Å². The number of carbonyl (C=O) groups excluding carboxylic acids is 2. The first-order valence-corrected chi connectivity index (χ1v) is 10.7. The number of carbonyl (C=O) groups is 2. The number of nitrogens with one attached hydrogen (secondary N) is 2. The zero-order valence-corrected chi connectivity index (χ0v) is 17.5. The van der Waals surface area contributed by atoms with Gasteiger partial charge in [-0.05, 0) is 31.2 Å². The molecule has 0 atom stereocenters. The second-order valence-electron chi connectivity index (χ2n) is 6.34. The maximum Gasteiger partial charge on any atom is 0.328 e. The minimum Gasteiger partial charge on any atom is -0.494 e. The van der Waals surface area contributed by atoms with Gasteiger partial charge in [0.05, 0.1) is 22.5 Å². The lowest BCUT2D eigenvalue weighted by atomic mass is 10.2. The summed E-state index contributed by atoms with van der Waals surface area (Å²) >= 11 is 0. The van der Waals surface area contributed by atoms with Crippen LogP contribution >= 0.6 is 0 Å². The minimum absolute atomic E-state index is 0.00739. The van der Waals surface area contributed by atoms with E-state index in [1.807, 2.05) is 0 Å². The van der Waals surface area contributed by atoms with Crippen molar-refractivity contribution in [3.05, 3.63) is 58.1 Å². The van der Waals surface area contributed by atoms with E-state index in [0.717, 1.165) is 0 Å². The summed E-state index contributed by atoms with van der Waals surface area (Å²) in [5, 5.41) is 13.5. The number of amides is 1. The van der Waals surface area contributed by atoms with Gasteiger partial charge in [-0.2, -0.15) is 0 Å². The van der Waals surface area contributed by atoms with Crippen LogP contribution in [0.25, 0.3) is 0 Å². The van der Waals surface area contributed by atoms with Gasteiger partial charge in [-0.1, -0.05) is 12.1 Å². The third kappa shape index (κ3) is 5.18. The topological polar surface area (TPSA) is 166 Å². The molecule has 12 nitrogen and oxygen atoms in total. The molecule has 1 amide bonds. The Kier molecular flexibility index (Phi) is 6.68. The Hall–Kier alpha value is -4.00. The Bertz CT molecular complexity index is 1210. The highest BCUT2D eigenvalue weighted by atomic mass is 32.2. The van der Waals surface area contributed by atoms with Crippen molar-refractivity contribution in [2.45, 2.75) is 11.8 Å². The van der Waals surface area contributed by atoms with E-state index in [1.54, 1.807) is 19.1 Å². The summed E-state index contributed by atoms with van der Waals surface area (Å²) < 4.78 is 36.3. The Morgan fingerprint density at radius 2 is 1.97 bits per heavy atom. The van der Waals surface area contributed by atoms with E-state index in [0.29, 0.717) is 12.2 Å². The van der Waals surface area contributed by atoms with Crippen LogP contribution in [-0.4, -0.2) is 50.8 Å². The van der Waals surface area contributed by atoms with Gasteiger partial charge in [-0.3, -0.25) is 29.4 Å². The average molecular weight is 462 g/mol. The fourth-order valence-electron chi connectivity index (χ4n) is 2.80. The van der Waals surface area contributed by atoms with E-state index >= 15 is 0 Å². The summed E-state index contributed by atoms with van der Waals surface area (Å²) in [6, 6.07) is 10.0. The quantitative estimate of drug-likeness (QED) is 0.335. The average Bonchev–Trinajstić information content (AvgIpc) is 3.02. The van der Waals surface area contributed by atoms with Gasteiger partial charge in [0, 0.05) is 5.56 Å². The summed E-state index contributed by atoms with van der Waals surface area (Å²) in [6.45, 7) is 0.788. The molecule has 0 aromatic heterocycles. The standard InChI is InChI=1S/C19H18N4O8S/c1-2-30-12-7-8-14(15(9-12)23(26)27)21-17(24)11-31-18(25)10-20-19-13-5-3-4-6-16(13)32(28,29)22-19/h3-9H,2,10-11H2,1H3,(H,20,22)(H,21,24). The molecule has 0 saturated carbocycles. The van der Waals surface area contributed by atoms with Crippen molar-refractivity contribution in [2.75, 3.05) is 25.1 Å². The van der Waals surface area contributed by atoms with Crippen LogP contribution in [0.15, 0.2) is 52.4 Å². The fourth-order valence-corrected chi connectivity index (χ4v) is 4.05. The largest absolute Gasteiger partial charge is 0.494 e. The summed E-state index contributed by atoms with van der Waals surface area (Å²) in [5.74, 6) is -1.43. The predicted octanol–water partition coefficient (Wildman–Crippen LogP) is 1.21. The smallest absolute Gasteiger partial charge is 0.328 e. The number of hydrogen-bond donors (Lipinski definition) is 2. The van der Waals surface area contributed by atoms with Gasteiger partial charge in [0.1, 0.15) is 23.8 Å². The van der Waals surface area contributed by atoms with Gasteiger partial charge in [-0.15, -0.1) is 0 Å². The molecule has 1 aliphatic rings. The molecule has 0 fully saturated rings. The number of aliphatic imine (C=N–C) groups is 1. The van der Waals surface area contributed by atoms with Gasteiger partial charge in [-0.25, -0.2) is 8.42 Å². The molecule has 0 bridgehead atoms. The van der Waals surface area contributed by atoms with Crippen molar-refractivity contribution in [3.8, 4) is 5.75 Å². The number of nitro groups is 1. The van der Waals surface area contributed by atoms with E-state index < -0.39 is 40.0 Å². The van der Waals surface area contributed by atoms with Gasteiger partial charge in [0.15, 0.2) is 6.61 Å². The first-order valence-electron chi connectivity index (χ1n) is 9.24. The SMILES string of the molecule is CCOc1ccc(NC(=O)COC(=O)CN=C2NS(=O)(=O)c3ccccc32)c([N+](=O)[O-])c1. The maximum atomic E-state index is 12.0. The van der Waals surface area contributed by atoms with E-state index in [1.165, 1.54) is 30.3 Å². The lowest BCUT2D eigenvalue weighted by Crippen LogP contribution is -2.25. The van der Waals surface area contributed by atoms with E-state index in [4.69, 9.17) is 9.47 Å². The second kappa shape index (κ2) is 9.43. The summed E-state index contributed by atoms with van der Waals surface area (Å²) in [4.78, 5) is 38.4. The van der Waals surface area contributed by atoms with Gasteiger partial charge in [0.2, 0.25) is 0 Å². The van der Waals surface area contributed by atoms with Gasteiger partial charge >= 0.3 is 5.97 Å². The van der Waals surface area contributed by atoms with Crippen molar-refractivity contribution in [3.63, 3.8) is 0 Å².